The molecule has 4 aromatic rings. The number of hydrogen-bond donors (Lipinski definition) is 2. The highest BCUT2D eigenvalue weighted by molar-refractivity contribution is 6.02. The monoisotopic (exact) mass is 563 g/mol. The fourth-order valence-electron chi connectivity index (χ4n) is 4.96. The number of nitriles is 1. The molecule has 3 heterocycles. The lowest BCUT2D eigenvalue weighted by atomic mass is 10.0. The summed E-state index contributed by atoms with van der Waals surface area (Å²) in [6.45, 7) is 3.48. The van der Waals surface area contributed by atoms with Crippen LogP contribution in [0.15, 0.2) is 60.8 Å². The number of nitrogens with zero attached hydrogens (tertiary/aromatic N) is 7. The van der Waals surface area contributed by atoms with Gasteiger partial charge >= 0.3 is 0 Å². The number of aromatic nitrogens is 3. The summed E-state index contributed by atoms with van der Waals surface area (Å²) in [6.07, 6.45) is 1.84. The first kappa shape index (κ1) is 28.4. The molecule has 0 bridgehead atoms. The molecular formula is C31H33N9O2. The Morgan fingerprint density at radius 3 is 2.43 bits per heavy atom. The molecule has 5 rings (SSSR count). The summed E-state index contributed by atoms with van der Waals surface area (Å²) >= 11 is 0. The Labute approximate surface area is 244 Å². The van der Waals surface area contributed by atoms with E-state index in [0.717, 1.165) is 54.2 Å². The number of nitrogens with one attached hydrogen (secondary N) is 1. The molecule has 1 fully saturated rings. The van der Waals surface area contributed by atoms with Gasteiger partial charge in [0.1, 0.15) is 17.9 Å². The van der Waals surface area contributed by atoms with E-state index in [1.165, 1.54) is 11.1 Å². The summed E-state index contributed by atoms with van der Waals surface area (Å²) in [4.78, 5) is 45.7. The van der Waals surface area contributed by atoms with Crippen LogP contribution in [0.5, 0.6) is 0 Å². The summed E-state index contributed by atoms with van der Waals surface area (Å²) < 4.78 is 0. The third-order valence-electron chi connectivity index (χ3n) is 7.39. The van der Waals surface area contributed by atoms with Crippen LogP contribution in [0.2, 0.25) is 0 Å². The lowest BCUT2D eigenvalue weighted by molar-refractivity contribution is -0.130. The number of carbonyl (C=O) groups is 2. The minimum atomic E-state index is -0.779. The fraction of sp³-hybridized carbons (Fsp3) is 0.290. The highest BCUT2D eigenvalue weighted by Crippen LogP contribution is 2.27. The van der Waals surface area contributed by atoms with Crippen LogP contribution in [-0.4, -0.2) is 89.9 Å². The van der Waals surface area contributed by atoms with Gasteiger partial charge < -0.3 is 25.8 Å². The Balaban J connectivity index is 1.35. The smallest absolute Gasteiger partial charge is 0.252 e. The van der Waals surface area contributed by atoms with Gasteiger partial charge in [-0.3, -0.25) is 14.6 Å². The Morgan fingerprint density at radius 1 is 1.05 bits per heavy atom. The Kier molecular flexibility index (Phi) is 8.26. The quantitative estimate of drug-likeness (QED) is 0.346. The number of anilines is 2. The van der Waals surface area contributed by atoms with Crippen molar-refractivity contribution in [2.45, 2.75) is 12.5 Å². The van der Waals surface area contributed by atoms with Crippen molar-refractivity contribution in [2.75, 3.05) is 58.0 Å². The molecule has 42 heavy (non-hydrogen) atoms. The zero-order valence-electron chi connectivity index (χ0n) is 23.9. The van der Waals surface area contributed by atoms with Crippen LogP contribution in [0, 0.1) is 11.3 Å². The van der Waals surface area contributed by atoms with E-state index >= 15 is 0 Å². The molecule has 0 spiro atoms. The SMILES string of the molecule is CN1CCN(c2nc(N)nc3cc(C(=O)N[C@@H](Cc4ccc(-c5ccc(C#N)cn5)cc4)C(=O)N(C)C)ccc23)CC1. The number of benzene rings is 2. The third kappa shape index (κ3) is 6.29. The van der Waals surface area contributed by atoms with Crippen molar-refractivity contribution in [3.8, 4) is 17.3 Å². The second kappa shape index (κ2) is 12.2. The van der Waals surface area contributed by atoms with Gasteiger partial charge in [-0.2, -0.15) is 10.2 Å². The van der Waals surface area contributed by atoms with Crippen molar-refractivity contribution < 1.29 is 9.59 Å². The number of amides is 2. The van der Waals surface area contributed by atoms with Crippen LogP contribution in [0.1, 0.15) is 21.5 Å². The topological polar surface area (TPSA) is 144 Å². The predicted molar refractivity (Wildman–Crippen MR) is 162 cm³/mol. The standard InChI is InChI=1S/C31H33N9O2/c1-38(2)30(42)27(16-20-4-7-22(8-5-20)25-11-6-21(18-32)19-34-25)35-29(41)23-9-10-24-26(17-23)36-31(33)37-28(24)40-14-12-39(3)13-15-40/h4-11,17,19,27H,12-16H2,1-3H3,(H,35,41)(H2,33,36,37)/t27-/m0/s1. The molecule has 0 unspecified atom stereocenters. The van der Waals surface area contributed by atoms with Gasteiger partial charge in [0.15, 0.2) is 0 Å². The van der Waals surface area contributed by atoms with Crippen LogP contribution in [0.3, 0.4) is 0 Å². The maximum absolute atomic E-state index is 13.4. The van der Waals surface area contributed by atoms with Gasteiger partial charge in [0.05, 0.1) is 16.8 Å². The summed E-state index contributed by atoms with van der Waals surface area (Å²) in [6, 6.07) is 17.7. The number of pyridine rings is 1. The molecule has 1 atom stereocenters. The molecule has 214 valence electrons. The molecule has 0 aliphatic carbocycles. The van der Waals surface area contributed by atoms with E-state index in [0.29, 0.717) is 23.1 Å². The minimum absolute atomic E-state index is 0.148. The number of piperazine rings is 1. The number of hydrogen-bond acceptors (Lipinski definition) is 9. The molecule has 1 saturated heterocycles. The minimum Gasteiger partial charge on any atom is -0.368 e. The molecule has 1 aliphatic heterocycles. The normalized spacial score (nSPS) is 14.3. The fourth-order valence-corrected chi connectivity index (χ4v) is 4.96. The maximum Gasteiger partial charge on any atom is 0.252 e. The molecule has 1 aliphatic rings. The van der Waals surface area contributed by atoms with E-state index in [9.17, 15) is 9.59 Å². The molecular weight excluding hydrogens is 530 g/mol. The zero-order valence-corrected chi connectivity index (χ0v) is 23.9. The molecule has 2 aromatic carbocycles. The van der Waals surface area contributed by atoms with E-state index in [1.807, 2.05) is 30.3 Å². The van der Waals surface area contributed by atoms with E-state index in [2.05, 4.69) is 43.2 Å². The van der Waals surface area contributed by atoms with Gasteiger partial charge in [0.2, 0.25) is 11.9 Å². The first-order valence-electron chi connectivity index (χ1n) is 13.7. The van der Waals surface area contributed by atoms with Crippen molar-refractivity contribution in [1.82, 2.24) is 30.1 Å². The molecule has 0 saturated carbocycles. The third-order valence-corrected chi connectivity index (χ3v) is 7.39. The number of fused-ring (bicyclic) bond motifs is 1. The largest absolute Gasteiger partial charge is 0.368 e. The summed E-state index contributed by atoms with van der Waals surface area (Å²) in [5, 5.41) is 12.7. The second-order valence-electron chi connectivity index (χ2n) is 10.6. The van der Waals surface area contributed by atoms with Gasteiger partial charge in [0, 0.05) is 69.4 Å². The molecule has 11 nitrogen and oxygen atoms in total. The highest BCUT2D eigenvalue weighted by atomic mass is 16.2. The number of rotatable bonds is 7. The van der Waals surface area contributed by atoms with E-state index in [4.69, 9.17) is 11.0 Å². The molecule has 3 N–H and O–H groups in total. The number of nitrogens with two attached hydrogens (primary N) is 1. The zero-order chi connectivity index (χ0) is 29.8. The van der Waals surface area contributed by atoms with Crippen LogP contribution >= 0.6 is 0 Å². The molecule has 2 amide bonds. The Hall–Kier alpha value is -5.08. The van der Waals surface area contributed by atoms with Gasteiger partial charge in [-0.05, 0) is 42.9 Å². The maximum atomic E-state index is 13.4. The highest BCUT2D eigenvalue weighted by Gasteiger charge is 2.25. The Morgan fingerprint density at radius 2 is 1.79 bits per heavy atom. The molecule has 2 aromatic heterocycles. The van der Waals surface area contributed by atoms with Gasteiger partial charge in [0.25, 0.3) is 5.91 Å². The average molecular weight is 564 g/mol. The van der Waals surface area contributed by atoms with Gasteiger partial charge in [-0.1, -0.05) is 24.3 Å². The van der Waals surface area contributed by atoms with Gasteiger partial charge in [-0.25, -0.2) is 4.98 Å². The summed E-state index contributed by atoms with van der Waals surface area (Å²) in [7, 11) is 5.42. The predicted octanol–water partition coefficient (Wildman–Crippen LogP) is 2.33. The number of likely N-dealkylation sites (N-methyl/N-ethyl adjacent to an activating group) is 2. The summed E-state index contributed by atoms with van der Waals surface area (Å²) in [5.74, 6) is 0.312. The van der Waals surface area contributed by atoms with E-state index < -0.39 is 6.04 Å². The van der Waals surface area contributed by atoms with Crippen LogP contribution in [0.4, 0.5) is 11.8 Å². The second-order valence-corrected chi connectivity index (χ2v) is 10.6. The first-order chi connectivity index (χ1) is 20.2. The van der Waals surface area contributed by atoms with Gasteiger partial charge in [-0.15, -0.1) is 0 Å². The van der Waals surface area contributed by atoms with Crippen LogP contribution < -0.4 is 16.0 Å². The van der Waals surface area contributed by atoms with Crippen LogP contribution in [-0.2, 0) is 11.2 Å². The average Bonchev–Trinajstić information content (AvgIpc) is 3.00. The Bertz CT molecular complexity index is 1640. The van der Waals surface area contributed by atoms with Crippen molar-refractivity contribution in [3.63, 3.8) is 0 Å². The molecule has 0 radical (unpaired) electrons. The van der Waals surface area contributed by atoms with E-state index in [-0.39, 0.29) is 17.8 Å². The van der Waals surface area contributed by atoms with Crippen molar-refractivity contribution in [1.29, 1.82) is 5.26 Å². The van der Waals surface area contributed by atoms with Crippen molar-refractivity contribution in [3.05, 3.63) is 77.5 Å². The lowest BCUT2D eigenvalue weighted by Crippen LogP contribution is -2.47. The number of nitrogen functional groups attached to an aromatic ring is 1. The number of carbonyl (C=O) groups excluding carboxylic acids is 2. The van der Waals surface area contributed by atoms with Crippen molar-refractivity contribution >= 4 is 34.5 Å². The molecule has 11 heteroatoms. The summed E-state index contributed by atoms with van der Waals surface area (Å²) in [5.41, 5.74) is 10.0. The lowest BCUT2D eigenvalue weighted by Gasteiger charge is -2.33. The first-order valence-corrected chi connectivity index (χ1v) is 13.7. The van der Waals surface area contributed by atoms with Crippen molar-refractivity contribution in [2.24, 2.45) is 0 Å². The van der Waals surface area contributed by atoms with E-state index in [1.54, 1.807) is 38.4 Å². The van der Waals surface area contributed by atoms with Crippen LogP contribution in [0.25, 0.3) is 22.2 Å².